The maximum atomic E-state index is 12.4. The van der Waals surface area contributed by atoms with Crippen LogP contribution in [-0.4, -0.2) is 47.8 Å². The van der Waals surface area contributed by atoms with Crippen LogP contribution in [0, 0.1) is 5.92 Å². The fourth-order valence-corrected chi connectivity index (χ4v) is 2.74. The van der Waals surface area contributed by atoms with Gasteiger partial charge >= 0.3 is 6.03 Å². The highest BCUT2D eigenvalue weighted by molar-refractivity contribution is 5.74. The molecule has 118 valence electrons. The first-order valence-electron chi connectivity index (χ1n) is 7.49. The quantitative estimate of drug-likeness (QED) is 0.906. The zero-order valence-electron chi connectivity index (χ0n) is 12.9. The summed E-state index contributed by atoms with van der Waals surface area (Å²) in [6.07, 6.45) is 6.99. The van der Waals surface area contributed by atoms with Crippen LogP contribution in [0.1, 0.15) is 19.7 Å². The van der Waals surface area contributed by atoms with E-state index in [4.69, 9.17) is 0 Å². The summed E-state index contributed by atoms with van der Waals surface area (Å²) >= 11 is 0. The molecular weight excluding hydrogens is 282 g/mol. The number of nitrogens with one attached hydrogen (secondary N) is 1. The van der Waals surface area contributed by atoms with E-state index in [1.807, 2.05) is 29.6 Å². The van der Waals surface area contributed by atoms with Crippen LogP contribution in [0.3, 0.4) is 0 Å². The van der Waals surface area contributed by atoms with Crippen molar-refractivity contribution >= 4 is 6.03 Å². The molecule has 0 unspecified atom stereocenters. The van der Waals surface area contributed by atoms with Crippen molar-refractivity contribution in [1.82, 2.24) is 34.5 Å². The maximum Gasteiger partial charge on any atom is 0.318 e. The van der Waals surface area contributed by atoms with Crippen LogP contribution in [0.4, 0.5) is 4.79 Å². The lowest BCUT2D eigenvalue weighted by Crippen LogP contribution is -2.44. The van der Waals surface area contributed by atoms with Crippen molar-refractivity contribution in [2.24, 2.45) is 5.92 Å². The Morgan fingerprint density at radius 1 is 1.45 bits per heavy atom. The summed E-state index contributed by atoms with van der Waals surface area (Å²) in [5.74, 6) is 1.18. The average molecular weight is 303 g/mol. The fraction of sp³-hybridized carbons (Fsp3) is 0.571. The van der Waals surface area contributed by atoms with Gasteiger partial charge in [0.05, 0.1) is 6.54 Å². The average Bonchev–Trinajstić information content (AvgIpc) is 3.07. The first kappa shape index (κ1) is 14.6. The lowest BCUT2D eigenvalue weighted by Gasteiger charge is -2.25. The third-order valence-corrected chi connectivity index (χ3v) is 3.68. The minimum Gasteiger partial charge on any atom is -0.336 e. The second-order valence-electron chi connectivity index (χ2n) is 5.96. The molecular formula is C14H21N7O. The molecule has 8 nitrogen and oxygen atoms in total. The van der Waals surface area contributed by atoms with Crippen LogP contribution in [0.5, 0.6) is 0 Å². The predicted molar refractivity (Wildman–Crippen MR) is 79.8 cm³/mol. The molecule has 0 fully saturated rings. The molecule has 0 aromatic carbocycles. The van der Waals surface area contributed by atoms with Crippen LogP contribution in [0.25, 0.3) is 0 Å². The normalized spacial score (nSPS) is 18.1. The molecule has 0 aliphatic carbocycles. The molecule has 0 saturated carbocycles. The largest absolute Gasteiger partial charge is 0.336 e. The lowest BCUT2D eigenvalue weighted by atomic mass is 10.1. The number of hydrogen-bond donors (Lipinski definition) is 1. The van der Waals surface area contributed by atoms with Gasteiger partial charge in [0.25, 0.3) is 0 Å². The Bertz CT molecular complexity index is 619. The summed E-state index contributed by atoms with van der Waals surface area (Å²) in [6, 6.07) is 0.0688. The Hall–Kier alpha value is -2.38. The van der Waals surface area contributed by atoms with Gasteiger partial charge in [0, 0.05) is 44.0 Å². The number of imidazole rings is 1. The molecule has 2 amide bonds. The molecule has 2 aromatic heterocycles. The molecule has 2 aromatic rings. The van der Waals surface area contributed by atoms with E-state index in [9.17, 15) is 4.79 Å². The molecule has 22 heavy (non-hydrogen) atoms. The van der Waals surface area contributed by atoms with Crippen molar-refractivity contribution in [2.45, 2.75) is 39.5 Å². The van der Waals surface area contributed by atoms with Gasteiger partial charge in [-0.15, -0.1) is 0 Å². The number of nitrogens with zero attached hydrogens (tertiary/aromatic N) is 6. The molecule has 3 rings (SSSR count). The summed E-state index contributed by atoms with van der Waals surface area (Å²) in [7, 11) is 0. The van der Waals surface area contributed by atoms with E-state index in [-0.39, 0.29) is 18.0 Å². The third-order valence-electron chi connectivity index (χ3n) is 3.68. The molecule has 1 atom stereocenters. The van der Waals surface area contributed by atoms with Crippen LogP contribution in [-0.2, 0) is 19.6 Å². The summed E-state index contributed by atoms with van der Waals surface area (Å²) < 4.78 is 3.93. The molecule has 8 heteroatoms. The Balaban J connectivity index is 1.78. The Labute approximate surface area is 129 Å². The predicted octanol–water partition coefficient (Wildman–Crippen LogP) is 0.725. The van der Waals surface area contributed by atoms with Crippen molar-refractivity contribution in [3.05, 3.63) is 30.9 Å². The van der Waals surface area contributed by atoms with Gasteiger partial charge in [-0.3, -0.25) is 4.68 Å². The molecule has 1 aliphatic rings. The maximum absolute atomic E-state index is 12.4. The number of carbonyl (C=O) groups is 1. The van der Waals surface area contributed by atoms with Gasteiger partial charge in [-0.25, -0.2) is 14.8 Å². The van der Waals surface area contributed by atoms with Crippen molar-refractivity contribution in [2.75, 3.05) is 6.54 Å². The topological polar surface area (TPSA) is 80.9 Å². The number of urea groups is 1. The number of aromatic nitrogens is 5. The van der Waals surface area contributed by atoms with Crippen molar-refractivity contribution < 1.29 is 4.79 Å². The van der Waals surface area contributed by atoms with Crippen LogP contribution >= 0.6 is 0 Å². The summed E-state index contributed by atoms with van der Waals surface area (Å²) in [6.45, 7) is 6.66. The fourth-order valence-electron chi connectivity index (χ4n) is 2.74. The first-order chi connectivity index (χ1) is 10.6. The molecule has 1 N–H and O–H groups in total. The molecule has 1 aliphatic heterocycles. The van der Waals surface area contributed by atoms with Gasteiger partial charge < -0.3 is 14.8 Å². The molecule has 0 bridgehead atoms. The number of fused-ring (bicyclic) bond motifs is 1. The summed E-state index contributed by atoms with van der Waals surface area (Å²) in [5, 5.41) is 7.12. The molecule has 0 saturated heterocycles. The van der Waals surface area contributed by atoms with Gasteiger partial charge in [0.1, 0.15) is 18.5 Å². The molecule has 0 radical (unpaired) electrons. The second kappa shape index (κ2) is 6.17. The number of hydrogen-bond acceptors (Lipinski definition) is 4. The van der Waals surface area contributed by atoms with Crippen LogP contribution in [0.2, 0.25) is 0 Å². The zero-order valence-corrected chi connectivity index (χ0v) is 12.9. The first-order valence-corrected chi connectivity index (χ1v) is 7.49. The van der Waals surface area contributed by atoms with E-state index in [0.717, 1.165) is 18.9 Å². The number of amides is 2. The van der Waals surface area contributed by atoms with Gasteiger partial charge in [-0.05, 0) is 13.8 Å². The van der Waals surface area contributed by atoms with E-state index in [2.05, 4.69) is 25.0 Å². The summed E-state index contributed by atoms with van der Waals surface area (Å²) in [4.78, 5) is 22.6. The van der Waals surface area contributed by atoms with Gasteiger partial charge in [-0.2, -0.15) is 5.10 Å². The standard InChI is InChI=1S/C14H21N7O/c1-11(2)18-14(22)20-6-12(7-21-10-15-9-17-21)5-19-4-3-16-13(19)8-20/h3-4,9-12H,5-8H2,1-2H3,(H,18,22)/t12-/m0/s1. The third kappa shape index (κ3) is 3.26. The van der Waals surface area contributed by atoms with Gasteiger partial charge in [-0.1, -0.05) is 0 Å². The van der Waals surface area contributed by atoms with Crippen molar-refractivity contribution in [3.63, 3.8) is 0 Å². The smallest absolute Gasteiger partial charge is 0.318 e. The van der Waals surface area contributed by atoms with E-state index in [1.54, 1.807) is 12.5 Å². The lowest BCUT2D eigenvalue weighted by molar-refractivity contribution is 0.179. The van der Waals surface area contributed by atoms with E-state index in [1.165, 1.54) is 6.33 Å². The minimum absolute atomic E-state index is 0.0463. The van der Waals surface area contributed by atoms with E-state index >= 15 is 0 Å². The molecule has 3 heterocycles. The Kier molecular flexibility index (Phi) is 4.08. The monoisotopic (exact) mass is 303 g/mol. The second-order valence-corrected chi connectivity index (χ2v) is 5.96. The zero-order chi connectivity index (χ0) is 15.5. The number of rotatable bonds is 3. The van der Waals surface area contributed by atoms with E-state index in [0.29, 0.717) is 13.1 Å². The summed E-state index contributed by atoms with van der Waals surface area (Å²) in [5.41, 5.74) is 0. The van der Waals surface area contributed by atoms with Crippen molar-refractivity contribution in [1.29, 1.82) is 0 Å². The minimum atomic E-state index is -0.0463. The van der Waals surface area contributed by atoms with Crippen LogP contribution < -0.4 is 5.32 Å². The SMILES string of the molecule is CC(C)NC(=O)N1Cc2nccn2C[C@H](Cn2cncn2)C1. The highest BCUT2D eigenvalue weighted by atomic mass is 16.2. The van der Waals surface area contributed by atoms with Crippen molar-refractivity contribution in [3.8, 4) is 0 Å². The van der Waals surface area contributed by atoms with Gasteiger partial charge in [0.2, 0.25) is 0 Å². The highest BCUT2D eigenvalue weighted by Crippen LogP contribution is 2.17. The number of carbonyl (C=O) groups excluding carboxylic acids is 1. The van der Waals surface area contributed by atoms with Crippen LogP contribution in [0.15, 0.2) is 25.0 Å². The Morgan fingerprint density at radius 2 is 2.32 bits per heavy atom. The van der Waals surface area contributed by atoms with Gasteiger partial charge in [0.15, 0.2) is 0 Å². The Morgan fingerprint density at radius 3 is 3.05 bits per heavy atom. The van der Waals surface area contributed by atoms with E-state index < -0.39 is 0 Å². The highest BCUT2D eigenvalue weighted by Gasteiger charge is 2.26. The molecule has 0 spiro atoms.